The Hall–Kier alpha value is -0.650. The number of carbonyl (C=O) groups is 1. The third-order valence-electron chi connectivity index (χ3n) is 2.45. The highest BCUT2D eigenvalue weighted by atomic mass is 16.3. The van der Waals surface area contributed by atoms with Gasteiger partial charge in [-0.1, -0.05) is 0 Å². The molecule has 1 heterocycles. The van der Waals surface area contributed by atoms with Crippen LogP contribution in [0.25, 0.3) is 0 Å². The summed E-state index contributed by atoms with van der Waals surface area (Å²) < 4.78 is 0. The number of aliphatic hydroxyl groups is 1. The summed E-state index contributed by atoms with van der Waals surface area (Å²) in [6.07, 6.45) is -0.383. The largest absolute Gasteiger partial charge is 0.392 e. The average Bonchev–Trinajstić information content (AvgIpc) is 2.17. The van der Waals surface area contributed by atoms with Gasteiger partial charge in [0, 0.05) is 32.7 Å². The molecule has 0 bridgehead atoms. The summed E-state index contributed by atoms with van der Waals surface area (Å²) in [4.78, 5) is 15.5. The van der Waals surface area contributed by atoms with Crippen molar-refractivity contribution < 1.29 is 9.90 Å². The van der Waals surface area contributed by atoms with Gasteiger partial charge in [0.2, 0.25) is 5.91 Å². The molecule has 1 aliphatic rings. The van der Waals surface area contributed by atoms with E-state index in [2.05, 4.69) is 5.32 Å². The zero-order chi connectivity index (χ0) is 11.3. The molecule has 0 aromatic carbocycles. The van der Waals surface area contributed by atoms with Gasteiger partial charge in [-0.25, -0.2) is 0 Å². The van der Waals surface area contributed by atoms with Crippen LogP contribution in [0.5, 0.6) is 0 Å². The van der Waals surface area contributed by atoms with Crippen molar-refractivity contribution >= 4 is 5.91 Å². The number of rotatable bonds is 4. The molecule has 0 spiro atoms. The van der Waals surface area contributed by atoms with Crippen molar-refractivity contribution in [2.45, 2.75) is 13.0 Å². The first-order valence-electron chi connectivity index (χ1n) is 5.44. The normalized spacial score (nSPS) is 19.3. The zero-order valence-electron chi connectivity index (χ0n) is 9.57. The molecule has 0 radical (unpaired) electrons. The van der Waals surface area contributed by atoms with E-state index in [-0.39, 0.29) is 12.0 Å². The van der Waals surface area contributed by atoms with Gasteiger partial charge in [0.15, 0.2) is 0 Å². The van der Waals surface area contributed by atoms with Gasteiger partial charge in [-0.3, -0.25) is 9.69 Å². The topological polar surface area (TPSA) is 55.8 Å². The highest BCUT2D eigenvalue weighted by Crippen LogP contribution is 1.96. The van der Waals surface area contributed by atoms with Gasteiger partial charge in [0.1, 0.15) is 0 Å². The molecule has 1 amide bonds. The van der Waals surface area contributed by atoms with E-state index in [1.54, 1.807) is 6.92 Å². The fraction of sp³-hybridized carbons (Fsp3) is 0.900. The molecule has 1 saturated heterocycles. The van der Waals surface area contributed by atoms with Crippen LogP contribution in [-0.2, 0) is 4.79 Å². The molecule has 0 saturated carbocycles. The first-order valence-corrected chi connectivity index (χ1v) is 5.44. The second-order valence-electron chi connectivity index (χ2n) is 4.18. The number of carbonyl (C=O) groups excluding carboxylic acids is 1. The summed E-state index contributed by atoms with van der Waals surface area (Å²) in [6, 6.07) is 0. The minimum absolute atomic E-state index is 0.152. The molecule has 15 heavy (non-hydrogen) atoms. The number of amides is 1. The quantitative estimate of drug-likeness (QED) is 0.614. The lowest BCUT2D eigenvalue weighted by Gasteiger charge is -2.29. The van der Waals surface area contributed by atoms with Crippen molar-refractivity contribution in [3.05, 3.63) is 0 Å². The molecular formula is C10H21N3O2. The number of aliphatic hydroxyl groups excluding tert-OH is 1. The first kappa shape index (κ1) is 12.4. The number of hydrogen-bond donors (Lipinski definition) is 2. The Balaban J connectivity index is 2.27. The maximum Gasteiger partial charge on any atom is 0.236 e. The number of piperazine rings is 1. The maximum atomic E-state index is 11.8. The van der Waals surface area contributed by atoms with E-state index in [0.29, 0.717) is 13.1 Å². The molecule has 1 atom stereocenters. The number of nitrogens with one attached hydrogen (secondary N) is 1. The monoisotopic (exact) mass is 215 g/mol. The van der Waals surface area contributed by atoms with E-state index in [9.17, 15) is 4.79 Å². The standard InChI is InChI=1S/C10H21N3O2/c1-9(14)7-12(2)8-10(15)13-5-3-11-4-6-13/h9,11,14H,3-8H2,1-2H3. The van der Waals surface area contributed by atoms with Crippen molar-refractivity contribution in [2.75, 3.05) is 46.3 Å². The highest BCUT2D eigenvalue weighted by molar-refractivity contribution is 5.78. The van der Waals surface area contributed by atoms with E-state index in [1.807, 2.05) is 16.8 Å². The van der Waals surface area contributed by atoms with Gasteiger partial charge in [0.05, 0.1) is 12.6 Å². The molecule has 2 N–H and O–H groups in total. The van der Waals surface area contributed by atoms with Gasteiger partial charge < -0.3 is 15.3 Å². The molecular weight excluding hydrogens is 194 g/mol. The van der Waals surface area contributed by atoms with Gasteiger partial charge in [-0.05, 0) is 14.0 Å². The molecule has 5 nitrogen and oxygen atoms in total. The lowest BCUT2D eigenvalue weighted by molar-refractivity contribution is -0.132. The molecule has 1 fully saturated rings. The Morgan fingerprint density at radius 3 is 2.67 bits per heavy atom. The smallest absolute Gasteiger partial charge is 0.236 e. The maximum absolute atomic E-state index is 11.8. The van der Waals surface area contributed by atoms with Crippen molar-refractivity contribution in [2.24, 2.45) is 0 Å². The molecule has 88 valence electrons. The van der Waals surface area contributed by atoms with Crippen LogP contribution in [0, 0.1) is 0 Å². The third-order valence-corrected chi connectivity index (χ3v) is 2.45. The van der Waals surface area contributed by atoms with Crippen LogP contribution in [0.4, 0.5) is 0 Å². The Morgan fingerprint density at radius 2 is 2.13 bits per heavy atom. The Bertz CT molecular complexity index is 203. The molecule has 0 aliphatic carbocycles. The summed E-state index contributed by atoms with van der Waals surface area (Å²) in [5.41, 5.74) is 0. The second kappa shape index (κ2) is 6.05. The van der Waals surface area contributed by atoms with E-state index >= 15 is 0 Å². The summed E-state index contributed by atoms with van der Waals surface area (Å²) in [5.74, 6) is 0.152. The number of hydrogen-bond acceptors (Lipinski definition) is 4. The molecule has 1 rings (SSSR count). The van der Waals surface area contributed by atoms with Crippen LogP contribution in [0.15, 0.2) is 0 Å². The van der Waals surface area contributed by atoms with Gasteiger partial charge in [0.25, 0.3) is 0 Å². The summed E-state index contributed by atoms with van der Waals surface area (Å²) in [7, 11) is 1.85. The van der Waals surface area contributed by atoms with Crippen LogP contribution in [0.3, 0.4) is 0 Å². The predicted octanol–water partition coefficient (Wildman–Crippen LogP) is -1.27. The zero-order valence-corrected chi connectivity index (χ0v) is 9.57. The molecule has 1 aliphatic heterocycles. The summed E-state index contributed by atoms with van der Waals surface area (Å²) in [5, 5.41) is 12.4. The van der Waals surface area contributed by atoms with Gasteiger partial charge in [-0.15, -0.1) is 0 Å². The second-order valence-corrected chi connectivity index (χ2v) is 4.18. The molecule has 1 unspecified atom stereocenters. The van der Waals surface area contributed by atoms with Crippen LogP contribution < -0.4 is 5.32 Å². The van der Waals surface area contributed by atoms with E-state index in [4.69, 9.17) is 5.11 Å². The Kier molecular flexibility index (Phi) is 5.01. The SMILES string of the molecule is CC(O)CN(C)CC(=O)N1CCNCC1. The minimum Gasteiger partial charge on any atom is -0.392 e. The Morgan fingerprint density at radius 1 is 1.53 bits per heavy atom. The number of likely N-dealkylation sites (N-methyl/N-ethyl adjacent to an activating group) is 1. The Labute approximate surface area is 91.0 Å². The van der Waals surface area contributed by atoms with Crippen LogP contribution in [0.1, 0.15) is 6.92 Å². The van der Waals surface area contributed by atoms with E-state index < -0.39 is 0 Å². The molecule has 0 aromatic rings. The van der Waals surface area contributed by atoms with Gasteiger partial charge in [-0.2, -0.15) is 0 Å². The predicted molar refractivity (Wildman–Crippen MR) is 58.6 cm³/mol. The van der Waals surface area contributed by atoms with Crippen molar-refractivity contribution in [3.63, 3.8) is 0 Å². The minimum atomic E-state index is -0.383. The van der Waals surface area contributed by atoms with Crippen LogP contribution >= 0.6 is 0 Å². The first-order chi connectivity index (χ1) is 7.09. The fourth-order valence-corrected chi connectivity index (χ4v) is 1.76. The van der Waals surface area contributed by atoms with Gasteiger partial charge >= 0.3 is 0 Å². The van der Waals surface area contributed by atoms with Crippen molar-refractivity contribution in [1.29, 1.82) is 0 Å². The highest BCUT2D eigenvalue weighted by Gasteiger charge is 2.17. The third kappa shape index (κ3) is 4.59. The van der Waals surface area contributed by atoms with Crippen LogP contribution in [0.2, 0.25) is 0 Å². The average molecular weight is 215 g/mol. The summed E-state index contributed by atoms with van der Waals surface area (Å²) in [6.45, 7) is 6.01. The fourth-order valence-electron chi connectivity index (χ4n) is 1.76. The molecule has 0 aromatic heterocycles. The number of nitrogens with zero attached hydrogens (tertiary/aromatic N) is 2. The van der Waals surface area contributed by atoms with Crippen molar-refractivity contribution in [1.82, 2.24) is 15.1 Å². The van der Waals surface area contributed by atoms with E-state index in [1.165, 1.54) is 0 Å². The molecule has 5 heteroatoms. The van der Waals surface area contributed by atoms with Crippen LogP contribution in [-0.4, -0.2) is 73.2 Å². The van der Waals surface area contributed by atoms with Crippen molar-refractivity contribution in [3.8, 4) is 0 Å². The van der Waals surface area contributed by atoms with E-state index in [0.717, 1.165) is 26.2 Å². The lowest BCUT2D eigenvalue weighted by Crippen LogP contribution is -2.49. The lowest BCUT2D eigenvalue weighted by atomic mass is 10.3. The summed E-state index contributed by atoms with van der Waals surface area (Å²) >= 11 is 0.